The lowest BCUT2D eigenvalue weighted by molar-refractivity contribution is 0.526. The summed E-state index contributed by atoms with van der Waals surface area (Å²) < 4.78 is 0. The highest BCUT2D eigenvalue weighted by atomic mass is 35.5. The molecule has 0 aliphatic rings. The minimum Gasteiger partial charge on any atom is -0.382 e. The number of hydrogen-bond donors (Lipinski definition) is 1. The van der Waals surface area contributed by atoms with E-state index in [0.29, 0.717) is 16.6 Å². The first kappa shape index (κ1) is 17.9. The zero-order valence-electron chi connectivity index (χ0n) is 13.3. The second-order valence-electron chi connectivity index (χ2n) is 5.64. The normalized spacial score (nSPS) is 10.6. The standard InChI is InChI=1S/C18H27ClN2/c1-3-5-7-9-16(10-8-6-4-2)21-17-11-12-18(19)15(13-17)14-20/h11-13,16,21H,3-10H2,1-2H3. The number of unbranched alkanes of at least 4 members (excludes halogenated alkanes) is 4. The molecule has 0 heterocycles. The number of halogens is 1. The summed E-state index contributed by atoms with van der Waals surface area (Å²) >= 11 is 5.99. The van der Waals surface area contributed by atoms with E-state index >= 15 is 0 Å². The van der Waals surface area contributed by atoms with Crippen molar-refractivity contribution in [1.82, 2.24) is 0 Å². The van der Waals surface area contributed by atoms with Crippen LogP contribution >= 0.6 is 11.6 Å². The van der Waals surface area contributed by atoms with Gasteiger partial charge in [-0.3, -0.25) is 0 Å². The summed E-state index contributed by atoms with van der Waals surface area (Å²) in [7, 11) is 0. The van der Waals surface area contributed by atoms with Crippen LogP contribution in [0.1, 0.15) is 70.8 Å². The van der Waals surface area contributed by atoms with Gasteiger partial charge in [0.15, 0.2) is 0 Å². The van der Waals surface area contributed by atoms with Crippen LogP contribution in [0.3, 0.4) is 0 Å². The highest BCUT2D eigenvalue weighted by molar-refractivity contribution is 6.31. The molecular weight excluding hydrogens is 280 g/mol. The summed E-state index contributed by atoms with van der Waals surface area (Å²) in [4.78, 5) is 0. The number of nitrogens with one attached hydrogen (secondary N) is 1. The number of rotatable bonds is 10. The van der Waals surface area contributed by atoms with Crippen molar-refractivity contribution in [1.29, 1.82) is 5.26 Å². The average Bonchev–Trinajstić information content (AvgIpc) is 2.49. The largest absolute Gasteiger partial charge is 0.382 e. The molecular formula is C18H27ClN2. The Bertz CT molecular complexity index is 441. The third-order valence-electron chi connectivity index (χ3n) is 3.77. The summed E-state index contributed by atoms with van der Waals surface area (Å²) in [6.45, 7) is 4.47. The number of benzene rings is 1. The molecule has 0 amide bonds. The Hall–Kier alpha value is -1.20. The molecule has 1 aromatic rings. The predicted molar refractivity (Wildman–Crippen MR) is 91.9 cm³/mol. The van der Waals surface area contributed by atoms with Crippen LogP contribution in [0, 0.1) is 11.3 Å². The van der Waals surface area contributed by atoms with Crippen LogP contribution in [-0.4, -0.2) is 6.04 Å². The van der Waals surface area contributed by atoms with Crippen LogP contribution in [0.25, 0.3) is 0 Å². The van der Waals surface area contributed by atoms with E-state index in [4.69, 9.17) is 16.9 Å². The van der Waals surface area contributed by atoms with Gasteiger partial charge in [-0.25, -0.2) is 0 Å². The zero-order chi connectivity index (χ0) is 15.5. The van der Waals surface area contributed by atoms with E-state index in [-0.39, 0.29) is 0 Å². The third kappa shape index (κ3) is 6.87. The summed E-state index contributed by atoms with van der Waals surface area (Å²) in [5.74, 6) is 0. The Morgan fingerprint density at radius 3 is 2.24 bits per heavy atom. The molecule has 1 aromatic carbocycles. The number of nitriles is 1. The molecule has 0 bridgehead atoms. The lowest BCUT2D eigenvalue weighted by atomic mass is 10.0. The number of nitrogens with zero attached hydrogens (tertiary/aromatic N) is 1. The van der Waals surface area contributed by atoms with Crippen LogP contribution in [0.5, 0.6) is 0 Å². The van der Waals surface area contributed by atoms with E-state index in [1.165, 1.54) is 51.4 Å². The molecule has 2 nitrogen and oxygen atoms in total. The van der Waals surface area contributed by atoms with Crippen LogP contribution in [-0.2, 0) is 0 Å². The minimum atomic E-state index is 0.496. The van der Waals surface area contributed by atoms with Crippen molar-refractivity contribution in [2.45, 2.75) is 71.3 Å². The lowest BCUT2D eigenvalue weighted by Crippen LogP contribution is -2.19. The number of anilines is 1. The number of hydrogen-bond acceptors (Lipinski definition) is 2. The van der Waals surface area contributed by atoms with Crippen molar-refractivity contribution in [3.63, 3.8) is 0 Å². The fourth-order valence-electron chi connectivity index (χ4n) is 2.51. The molecule has 0 fully saturated rings. The Balaban J connectivity index is 2.63. The highest BCUT2D eigenvalue weighted by Crippen LogP contribution is 2.22. The van der Waals surface area contributed by atoms with Crippen LogP contribution in [0.15, 0.2) is 18.2 Å². The maximum absolute atomic E-state index is 9.06. The zero-order valence-corrected chi connectivity index (χ0v) is 14.0. The SMILES string of the molecule is CCCCCC(CCCCC)Nc1ccc(Cl)c(C#N)c1. The third-order valence-corrected chi connectivity index (χ3v) is 4.10. The first-order valence-electron chi connectivity index (χ1n) is 8.17. The minimum absolute atomic E-state index is 0.496. The van der Waals surface area contributed by atoms with Crippen LogP contribution < -0.4 is 5.32 Å². The molecule has 0 saturated carbocycles. The van der Waals surface area contributed by atoms with E-state index in [9.17, 15) is 0 Å². The van der Waals surface area contributed by atoms with E-state index in [1.807, 2.05) is 12.1 Å². The van der Waals surface area contributed by atoms with Crippen LogP contribution in [0.4, 0.5) is 5.69 Å². The molecule has 1 rings (SSSR count). The van der Waals surface area contributed by atoms with Crippen molar-refractivity contribution < 1.29 is 0 Å². The fourth-order valence-corrected chi connectivity index (χ4v) is 2.67. The van der Waals surface area contributed by atoms with E-state index in [0.717, 1.165) is 5.69 Å². The smallest absolute Gasteiger partial charge is 0.101 e. The molecule has 0 aliphatic heterocycles. The van der Waals surface area contributed by atoms with Gasteiger partial charge in [0.25, 0.3) is 0 Å². The van der Waals surface area contributed by atoms with Gasteiger partial charge >= 0.3 is 0 Å². The van der Waals surface area contributed by atoms with E-state index < -0.39 is 0 Å². The van der Waals surface area contributed by atoms with E-state index in [2.05, 4.69) is 25.2 Å². The van der Waals surface area contributed by atoms with Gasteiger partial charge in [0, 0.05) is 11.7 Å². The van der Waals surface area contributed by atoms with Crippen molar-refractivity contribution >= 4 is 17.3 Å². The fraction of sp³-hybridized carbons (Fsp3) is 0.611. The van der Waals surface area contributed by atoms with Gasteiger partial charge in [-0.1, -0.05) is 64.0 Å². The Labute approximate surface area is 134 Å². The molecule has 0 radical (unpaired) electrons. The quantitative estimate of drug-likeness (QED) is 0.526. The van der Waals surface area contributed by atoms with Crippen molar-refractivity contribution in [2.75, 3.05) is 5.32 Å². The van der Waals surface area contributed by atoms with Crippen LogP contribution in [0.2, 0.25) is 5.02 Å². The lowest BCUT2D eigenvalue weighted by Gasteiger charge is -2.20. The second-order valence-corrected chi connectivity index (χ2v) is 6.05. The second kappa shape index (κ2) is 10.5. The summed E-state index contributed by atoms with van der Waals surface area (Å²) in [5.41, 5.74) is 1.55. The van der Waals surface area contributed by atoms with Gasteiger partial charge in [-0.05, 0) is 31.0 Å². The van der Waals surface area contributed by atoms with Gasteiger partial charge < -0.3 is 5.32 Å². The molecule has 116 valence electrons. The van der Waals surface area contributed by atoms with E-state index in [1.54, 1.807) is 6.07 Å². The first-order chi connectivity index (χ1) is 10.2. The molecule has 0 atom stereocenters. The summed E-state index contributed by atoms with van der Waals surface area (Å²) in [6.07, 6.45) is 10.00. The Morgan fingerprint density at radius 2 is 1.71 bits per heavy atom. The summed E-state index contributed by atoms with van der Waals surface area (Å²) in [6, 6.07) is 8.27. The molecule has 0 aliphatic carbocycles. The topological polar surface area (TPSA) is 35.8 Å². The Morgan fingerprint density at radius 1 is 1.10 bits per heavy atom. The van der Waals surface area contributed by atoms with Gasteiger partial charge in [-0.2, -0.15) is 5.26 Å². The highest BCUT2D eigenvalue weighted by Gasteiger charge is 2.09. The van der Waals surface area contributed by atoms with Gasteiger partial charge in [-0.15, -0.1) is 0 Å². The Kier molecular flexibility index (Phi) is 8.94. The molecule has 3 heteroatoms. The monoisotopic (exact) mass is 306 g/mol. The molecule has 0 saturated heterocycles. The average molecular weight is 307 g/mol. The summed E-state index contributed by atoms with van der Waals surface area (Å²) in [5, 5.41) is 13.2. The molecule has 0 spiro atoms. The maximum atomic E-state index is 9.06. The predicted octanol–water partition coefficient (Wildman–Crippen LogP) is 6.15. The maximum Gasteiger partial charge on any atom is 0.101 e. The van der Waals surface area contributed by atoms with Crippen molar-refractivity contribution in [2.24, 2.45) is 0 Å². The molecule has 0 aromatic heterocycles. The molecule has 0 unspecified atom stereocenters. The van der Waals surface area contributed by atoms with Crippen molar-refractivity contribution in [3.8, 4) is 6.07 Å². The van der Waals surface area contributed by atoms with Crippen molar-refractivity contribution in [3.05, 3.63) is 28.8 Å². The first-order valence-corrected chi connectivity index (χ1v) is 8.55. The molecule has 21 heavy (non-hydrogen) atoms. The molecule has 1 N–H and O–H groups in total. The van der Waals surface area contributed by atoms with Gasteiger partial charge in [0.2, 0.25) is 0 Å². The van der Waals surface area contributed by atoms with Gasteiger partial charge in [0.05, 0.1) is 10.6 Å². The van der Waals surface area contributed by atoms with Gasteiger partial charge in [0.1, 0.15) is 6.07 Å².